The quantitative estimate of drug-likeness (QED) is 0.0581. The molecular formula is C34H45N4O19P3. The van der Waals surface area contributed by atoms with Crippen LogP contribution in [-0.4, -0.2) is 90.2 Å². The molecule has 330 valence electrons. The van der Waals surface area contributed by atoms with E-state index in [9.17, 15) is 52.6 Å². The van der Waals surface area contributed by atoms with Crippen LogP contribution in [0.3, 0.4) is 0 Å². The second-order valence-corrected chi connectivity index (χ2v) is 19.0. The second kappa shape index (κ2) is 18.5. The number of fused-ring (bicyclic) bond motifs is 2. The highest BCUT2D eigenvalue weighted by Crippen LogP contribution is 2.66. The van der Waals surface area contributed by atoms with Crippen LogP contribution in [0.25, 0.3) is 17.0 Å². The lowest BCUT2D eigenvalue weighted by atomic mass is 9.79. The van der Waals surface area contributed by atoms with Crippen molar-refractivity contribution >= 4 is 58.1 Å². The summed E-state index contributed by atoms with van der Waals surface area (Å²) in [6, 6.07) is 5.17. The molecule has 4 heterocycles. The van der Waals surface area contributed by atoms with Crippen molar-refractivity contribution < 1.29 is 75.0 Å². The third kappa shape index (κ3) is 11.8. The molecule has 1 saturated heterocycles. The van der Waals surface area contributed by atoms with Crippen LogP contribution in [0, 0.1) is 0 Å². The van der Waals surface area contributed by atoms with Gasteiger partial charge in [0.2, 0.25) is 5.91 Å². The van der Waals surface area contributed by atoms with Crippen LogP contribution in [0.1, 0.15) is 87.0 Å². The van der Waals surface area contributed by atoms with Gasteiger partial charge < -0.3 is 48.8 Å². The molecule has 2 aromatic heterocycles. The monoisotopic (exact) mass is 906 g/mol. The Morgan fingerprint density at radius 3 is 2.47 bits per heavy atom. The molecule has 0 spiro atoms. The number of hydrogen-bond donors (Lipinski definition) is 7. The van der Waals surface area contributed by atoms with Gasteiger partial charge in [-0.05, 0) is 57.2 Å². The first-order valence-electron chi connectivity index (χ1n) is 18.4. The average Bonchev–Trinajstić information content (AvgIpc) is 3.48. The Labute approximate surface area is 340 Å². The zero-order valence-electron chi connectivity index (χ0n) is 32.6. The first-order valence-corrected chi connectivity index (χ1v) is 22.9. The molecule has 6 atom stereocenters. The Bertz CT molecular complexity index is 2480. The molecule has 3 unspecified atom stereocenters. The number of carbonyl (C=O) groups is 2. The van der Waals surface area contributed by atoms with E-state index in [0.29, 0.717) is 23.9 Å². The van der Waals surface area contributed by atoms with Gasteiger partial charge in [-0.15, -0.1) is 0 Å². The van der Waals surface area contributed by atoms with E-state index in [1.54, 1.807) is 13.0 Å². The van der Waals surface area contributed by atoms with E-state index in [-0.39, 0.29) is 54.5 Å². The van der Waals surface area contributed by atoms with E-state index in [1.165, 1.54) is 18.2 Å². The normalized spacial score (nSPS) is 22.3. The van der Waals surface area contributed by atoms with Gasteiger partial charge in [0.25, 0.3) is 5.56 Å². The molecular weight excluding hydrogens is 861 g/mol. The van der Waals surface area contributed by atoms with Crippen LogP contribution in [0.2, 0.25) is 0 Å². The van der Waals surface area contributed by atoms with Gasteiger partial charge in [-0.25, -0.2) is 28.1 Å². The van der Waals surface area contributed by atoms with Gasteiger partial charge in [0.05, 0.1) is 24.9 Å². The van der Waals surface area contributed by atoms with Gasteiger partial charge >= 0.3 is 40.8 Å². The number of phosphoric ester groups is 1. The molecule has 23 nitrogen and oxygen atoms in total. The summed E-state index contributed by atoms with van der Waals surface area (Å²) in [4.78, 5) is 103. The van der Waals surface area contributed by atoms with E-state index < -0.39 is 71.4 Å². The number of benzene rings is 1. The number of aliphatic hydroxyl groups excluding tert-OH is 1. The van der Waals surface area contributed by atoms with Crippen molar-refractivity contribution in [1.29, 1.82) is 0 Å². The first-order chi connectivity index (χ1) is 27.9. The zero-order valence-corrected chi connectivity index (χ0v) is 35.3. The first kappa shape index (κ1) is 47.0. The molecule has 0 aliphatic carbocycles. The number of esters is 1. The molecule has 0 bridgehead atoms. The van der Waals surface area contributed by atoms with Gasteiger partial charge in [0.1, 0.15) is 23.5 Å². The third-order valence-electron chi connectivity index (χ3n) is 9.56. The predicted molar refractivity (Wildman–Crippen MR) is 210 cm³/mol. The summed E-state index contributed by atoms with van der Waals surface area (Å²) < 4.78 is 63.2. The van der Waals surface area contributed by atoms with E-state index in [2.05, 4.69) is 49.1 Å². The van der Waals surface area contributed by atoms with Gasteiger partial charge in [0, 0.05) is 54.8 Å². The summed E-state index contributed by atoms with van der Waals surface area (Å²) >= 11 is 0. The molecule has 2 aliphatic rings. The number of aromatic amines is 1. The molecule has 0 saturated carbocycles. The van der Waals surface area contributed by atoms with Crippen molar-refractivity contribution in [2.45, 2.75) is 83.3 Å². The topological polar surface area (TPSA) is 333 Å². The number of anilines is 1. The van der Waals surface area contributed by atoms with Crippen LogP contribution in [0.5, 0.6) is 0 Å². The Balaban J connectivity index is 1.16. The Kier molecular flexibility index (Phi) is 14.5. The zero-order chi connectivity index (χ0) is 44.4. The molecule has 5 rings (SSSR count). The Morgan fingerprint density at radius 1 is 1.07 bits per heavy atom. The number of nitrogens with zero attached hydrogens (tertiary/aromatic N) is 2. The number of nitrogens with one attached hydrogen (secondary N) is 2. The standard InChI is InChI=1S/C34H45N4O19P3/c1-5-52-31(42)23-13-21-12-22-19(2)16-34(3,4)38(24(22)14-26(21)55-32(23)43)11-7-9-28(40)35-10-6-8-20-17-37(33(44)36-30(20)41)29-15-25(39)27(54-29)18-53-59(48,49)57-60(50,51)56-58(45,46)47/h6,8,12-14,17,19,25,27,29,39H,5,7,9-11,15-16,18H2,1-4H3,(H,35,40)(H,48,49)(H,50,51)(H,36,41,44)(H2,45,46,47)/b8-6+/t19?,25-,27+,29+/m0/s1. The fraction of sp³-hybridized carbons (Fsp3) is 0.500. The van der Waals surface area contributed by atoms with Crippen LogP contribution < -0.4 is 27.1 Å². The molecule has 7 N–H and O–H groups in total. The van der Waals surface area contributed by atoms with Gasteiger partial charge in [-0.2, -0.15) is 8.62 Å². The van der Waals surface area contributed by atoms with E-state index in [4.69, 9.17) is 23.7 Å². The SMILES string of the molecule is CCOC(=O)c1cc2cc3c(cc2oc1=O)N(CCCC(=O)NC/C=C/c1cn([C@H]2C[C@H](O)[C@@H](COP(=O)(O)OP(=O)(O)OP(=O)(O)O)O2)c(=O)[nH]c1=O)C(C)(C)CC3C. The molecule has 3 aromatic rings. The maximum Gasteiger partial charge on any atom is 0.490 e. The number of rotatable bonds is 17. The highest BCUT2D eigenvalue weighted by atomic mass is 31.3. The van der Waals surface area contributed by atoms with Crippen LogP contribution in [-0.2, 0) is 41.1 Å². The minimum absolute atomic E-state index is 0.00702. The summed E-state index contributed by atoms with van der Waals surface area (Å²) in [5.41, 5.74) is -0.904. The van der Waals surface area contributed by atoms with Crippen LogP contribution in [0.4, 0.5) is 5.69 Å². The Hall–Kier alpha value is -4.08. The summed E-state index contributed by atoms with van der Waals surface area (Å²) in [6.07, 6.45) is 0.904. The minimum atomic E-state index is -5.78. The number of aliphatic hydroxyl groups is 1. The highest BCUT2D eigenvalue weighted by Gasteiger charge is 2.43. The van der Waals surface area contributed by atoms with Crippen molar-refractivity contribution in [2.75, 3.05) is 31.2 Å². The lowest BCUT2D eigenvalue weighted by molar-refractivity contribution is -0.120. The highest BCUT2D eigenvalue weighted by molar-refractivity contribution is 7.66. The molecule has 2 aliphatic heterocycles. The van der Waals surface area contributed by atoms with Crippen molar-refractivity contribution in [3.8, 4) is 0 Å². The lowest BCUT2D eigenvalue weighted by Crippen LogP contribution is -2.49. The van der Waals surface area contributed by atoms with Gasteiger partial charge in [0.15, 0.2) is 0 Å². The molecule has 26 heteroatoms. The number of amides is 1. The minimum Gasteiger partial charge on any atom is -0.462 e. The second-order valence-electron chi connectivity index (χ2n) is 14.6. The number of phosphoric acid groups is 3. The summed E-state index contributed by atoms with van der Waals surface area (Å²) in [5.74, 6) is -0.903. The number of hydrogen-bond acceptors (Lipinski definition) is 16. The molecule has 1 fully saturated rings. The van der Waals surface area contributed by atoms with Crippen molar-refractivity contribution in [1.82, 2.24) is 14.9 Å². The lowest BCUT2D eigenvalue weighted by Gasteiger charge is -2.47. The summed E-state index contributed by atoms with van der Waals surface area (Å²) in [5, 5.41) is 13.7. The number of carbonyl (C=O) groups excluding carboxylic acids is 2. The fourth-order valence-electron chi connectivity index (χ4n) is 7.06. The van der Waals surface area contributed by atoms with Crippen LogP contribution in [0.15, 0.2) is 49.3 Å². The summed E-state index contributed by atoms with van der Waals surface area (Å²) in [6.45, 7) is 7.54. The predicted octanol–water partition coefficient (Wildman–Crippen LogP) is 2.51. The smallest absolute Gasteiger partial charge is 0.462 e. The fourth-order valence-corrected chi connectivity index (χ4v) is 10.1. The maximum atomic E-state index is 12.8. The number of H-pyrrole nitrogens is 1. The van der Waals surface area contributed by atoms with Gasteiger partial charge in [-0.3, -0.25) is 23.7 Å². The number of ether oxygens (including phenoxy) is 2. The summed E-state index contributed by atoms with van der Waals surface area (Å²) in [7, 11) is -16.9. The van der Waals surface area contributed by atoms with Crippen molar-refractivity contribution in [3.05, 3.63) is 78.4 Å². The number of aromatic nitrogens is 2. The van der Waals surface area contributed by atoms with Crippen molar-refractivity contribution in [3.63, 3.8) is 0 Å². The largest absolute Gasteiger partial charge is 0.490 e. The molecule has 60 heavy (non-hydrogen) atoms. The maximum absolute atomic E-state index is 12.8. The third-order valence-corrected chi connectivity index (χ3v) is 13.4. The van der Waals surface area contributed by atoms with E-state index in [0.717, 1.165) is 28.4 Å². The van der Waals surface area contributed by atoms with Crippen molar-refractivity contribution in [2.24, 2.45) is 0 Å². The van der Waals surface area contributed by atoms with Crippen LogP contribution >= 0.6 is 23.5 Å². The molecule has 1 amide bonds. The average molecular weight is 907 g/mol. The van der Waals surface area contributed by atoms with E-state index in [1.807, 2.05) is 6.07 Å². The van der Waals surface area contributed by atoms with E-state index >= 15 is 0 Å². The molecule has 1 aromatic carbocycles. The van der Waals surface area contributed by atoms with Gasteiger partial charge in [-0.1, -0.05) is 19.1 Å². The Morgan fingerprint density at radius 2 is 1.78 bits per heavy atom. The molecule has 0 radical (unpaired) electrons.